The molecule has 0 aliphatic heterocycles. The molecule has 0 radical (unpaired) electrons. The first kappa shape index (κ1) is 18.4. The van der Waals surface area contributed by atoms with Crippen LogP contribution in [0.2, 0.25) is 0 Å². The van der Waals surface area contributed by atoms with Crippen molar-refractivity contribution in [1.82, 2.24) is 10.2 Å². The summed E-state index contributed by atoms with van der Waals surface area (Å²) in [5.74, 6) is -1.58. The van der Waals surface area contributed by atoms with Crippen molar-refractivity contribution >= 4 is 25.8 Å². The van der Waals surface area contributed by atoms with Crippen LogP contribution in [0.4, 0.5) is 0 Å². The number of ether oxygens (including phenoxy) is 1. The van der Waals surface area contributed by atoms with Crippen molar-refractivity contribution in [3.63, 3.8) is 0 Å². The molecule has 0 aromatic heterocycles. The van der Waals surface area contributed by atoms with Gasteiger partial charge in [0.25, 0.3) is 5.91 Å². The van der Waals surface area contributed by atoms with Crippen molar-refractivity contribution in [1.29, 1.82) is 0 Å². The molecular weight excluding hydrogens is 336 g/mol. The van der Waals surface area contributed by atoms with Crippen LogP contribution in [0.3, 0.4) is 0 Å². The van der Waals surface area contributed by atoms with Crippen LogP contribution in [0, 0.1) is 0 Å². The normalized spacial score (nSPS) is 13.4. The van der Waals surface area contributed by atoms with Crippen molar-refractivity contribution in [3.05, 3.63) is 24.3 Å². The minimum Gasteiger partial charge on any atom is -0.497 e. The maximum atomic E-state index is 12.2. The number of sulfone groups is 1. The third kappa shape index (κ3) is 5.26. The van der Waals surface area contributed by atoms with Crippen LogP contribution in [-0.2, 0) is 24.7 Å². The van der Waals surface area contributed by atoms with E-state index in [9.17, 15) is 21.6 Å². The highest BCUT2D eigenvalue weighted by Gasteiger charge is 2.29. The number of carbonyl (C=O) groups excluding carboxylic acids is 1. The average Bonchev–Trinajstić information content (AvgIpc) is 2.44. The van der Waals surface area contributed by atoms with Crippen LogP contribution in [0.5, 0.6) is 5.75 Å². The highest BCUT2D eigenvalue weighted by molar-refractivity contribution is 7.91. The Balaban J connectivity index is 3.06. The van der Waals surface area contributed by atoms with Crippen LogP contribution in [0.15, 0.2) is 29.2 Å². The molecule has 1 unspecified atom stereocenters. The van der Waals surface area contributed by atoms with E-state index in [0.717, 1.165) is 6.26 Å². The monoisotopic (exact) mass is 352 g/mol. The van der Waals surface area contributed by atoms with Crippen LogP contribution in [0.25, 0.3) is 0 Å². The van der Waals surface area contributed by atoms with Crippen molar-refractivity contribution in [3.8, 4) is 5.75 Å². The first-order valence-corrected chi connectivity index (χ1v) is 9.41. The van der Waals surface area contributed by atoms with Gasteiger partial charge in [0, 0.05) is 0 Å². The molecule has 1 aromatic carbocycles. The van der Waals surface area contributed by atoms with Gasteiger partial charge in [0.2, 0.25) is 10.0 Å². The number of nitrogens with one attached hydrogen (secondary N) is 2. The van der Waals surface area contributed by atoms with Gasteiger partial charge >= 0.3 is 0 Å². The quantitative estimate of drug-likeness (QED) is 0.418. The summed E-state index contributed by atoms with van der Waals surface area (Å²) >= 11 is 0. The lowest BCUT2D eigenvalue weighted by molar-refractivity contribution is -0.130. The van der Waals surface area contributed by atoms with Gasteiger partial charge in [0.05, 0.1) is 24.0 Å². The molecule has 0 heterocycles. The molecule has 0 saturated carbocycles. The number of hydroxylamine groups is 1. The minimum atomic E-state index is -3.97. The van der Waals surface area contributed by atoms with E-state index in [-0.39, 0.29) is 4.90 Å². The summed E-state index contributed by atoms with van der Waals surface area (Å²) in [6.45, 7) is 0. The van der Waals surface area contributed by atoms with Gasteiger partial charge in [-0.3, -0.25) is 10.0 Å². The molecule has 0 aliphatic rings. The number of methoxy groups -OCH3 is 1. The molecule has 1 amide bonds. The van der Waals surface area contributed by atoms with E-state index >= 15 is 0 Å². The Labute approximate surface area is 128 Å². The van der Waals surface area contributed by atoms with Gasteiger partial charge in [-0.1, -0.05) is 0 Å². The van der Waals surface area contributed by atoms with Gasteiger partial charge in [-0.15, -0.1) is 0 Å². The molecule has 0 aliphatic carbocycles. The number of rotatable bonds is 7. The molecule has 1 atom stereocenters. The third-order valence-electron chi connectivity index (χ3n) is 2.59. The Bertz CT molecular complexity index is 726. The van der Waals surface area contributed by atoms with Crippen LogP contribution in [-0.4, -0.2) is 53.1 Å². The molecule has 0 fully saturated rings. The Morgan fingerprint density at radius 3 is 2.18 bits per heavy atom. The van der Waals surface area contributed by atoms with E-state index in [1.54, 1.807) is 0 Å². The molecule has 11 heteroatoms. The smallest absolute Gasteiger partial charge is 0.262 e. The lowest BCUT2D eigenvalue weighted by Crippen LogP contribution is -2.49. The summed E-state index contributed by atoms with van der Waals surface area (Å²) in [6, 6.07) is 3.70. The van der Waals surface area contributed by atoms with Crippen molar-refractivity contribution in [2.75, 3.05) is 19.1 Å². The molecule has 22 heavy (non-hydrogen) atoms. The Morgan fingerprint density at radius 2 is 1.77 bits per heavy atom. The predicted octanol–water partition coefficient (Wildman–Crippen LogP) is -1.11. The number of benzene rings is 1. The third-order valence-corrected chi connectivity index (χ3v) is 5.06. The van der Waals surface area contributed by atoms with Gasteiger partial charge in [-0.25, -0.2) is 27.0 Å². The standard InChI is InChI=1S/C11H16N2O7S2/c1-20-8-3-5-9(6-4-8)22(18,19)7-10(11(14)12-15)13-21(2,16)17/h3-6,10,13,15H,7H2,1-2H3,(H,12,14). The summed E-state index contributed by atoms with van der Waals surface area (Å²) in [7, 11) is -6.40. The minimum absolute atomic E-state index is 0.112. The fraction of sp³-hybridized carbons (Fsp3) is 0.364. The molecule has 3 N–H and O–H groups in total. The van der Waals surface area contributed by atoms with Crippen LogP contribution in [0.1, 0.15) is 0 Å². The molecule has 124 valence electrons. The van der Waals surface area contributed by atoms with E-state index < -0.39 is 37.6 Å². The average molecular weight is 352 g/mol. The molecule has 0 bridgehead atoms. The zero-order valence-corrected chi connectivity index (χ0v) is 13.4. The van der Waals surface area contributed by atoms with Crippen LogP contribution < -0.4 is 14.9 Å². The van der Waals surface area contributed by atoms with E-state index in [4.69, 9.17) is 9.94 Å². The SMILES string of the molecule is COc1ccc(S(=O)(=O)CC(NS(C)(=O)=O)C(=O)NO)cc1. The van der Waals surface area contributed by atoms with Crippen molar-refractivity contribution < 1.29 is 31.6 Å². The van der Waals surface area contributed by atoms with E-state index in [0.29, 0.717) is 5.75 Å². The molecular formula is C11H16N2O7S2. The van der Waals surface area contributed by atoms with Gasteiger partial charge in [-0.05, 0) is 24.3 Å². The van der Waals surface area contributed by atoms with Crippen molar-refractivity contribution in [2.45, 2.75) is 10.9 Å². The van der Waals surface area contributed by atoms with Gasteiger partial charge in [-0.2, -0.15) is 0 Å². The number of amides is 1. The lowest BCUT2D eigenvalue weighted by Gasteiger charge is -2.15. The van der Waals surface area contributed by atoms with Crippen LogP contribution >= 0.6 is 0 Å². The second-order valence-electron chi connectivity index (χ2n) is 4.38. The Kier molecular flexibility index (Phi) is 5.88. The first-order chi connectivity index (χ1) is 10.1. The highest BCUT2D eigenvalue weighted by atomic mass is 32.2. The number of sulfonamides is 1. The maximum Gasteiger partial charge on any atom is 0.262 e. The fourth-order valence-electron chi connectivity index (χ4n) is 1.60. The summed E-state index contributed by atoms with van der Waals surface area (Å²) in [6.07, 6.45) is 0.769. The number of carbonyl (C=O) groups is 1. The summed E-state index contributed by atoms with van der Waals surface area (Å²) in [5, 5.41) is 8.59. The van der Waals surface area contributed by atoms with E-state index in [2.05, 4.69) is 0 Å². The van der Waals surface area contributed by atoms with E-state index in [1.807, 2.05) is 4.72 Å². The molecule has 9 nitrogen and oxygen atoms in total. The predicted molar refractivity (Wildman–Crippen MR) is 76.7 cm³/mol. The van der Waals surface area contributed by atoms with Gasteiger partial charge in [0.1, 0.15) is 11.8 Å². The van der Waals surface area contributed by atoms with E-state index in [1.165, 1.54) is 36.9 Å². The number of hydrogen-bond acceptors (Lipinski definition) is 7. The van der Waals surface area contributed by atoms with Crippen molar-refractivity contribution in [2.24, 2.45) is 0 Å². The molecule has 0 spiro atoms. The first-order valence-electron chi connectivity index (χ1n) is 5.87. The lowest BCUT2D eigenvalue weighted by atomic mass is 10.3. The highest BCUT2D eigenvalue weighted by Crippen LogP contribution is 2.17. The Hall–Kier alpha value is -1.69. The topological polar surface area (TPSA) is 139 Å². The largest absolute Gasteiger partial charge is 0.497 e. The fourth-order valence-corrected chi connectivity index (χ4v) is 3.83. The zero-order chi connectivity index (χ0) is 17.0. The molecule has 1 rings (SSSR count). The molecule has 0 saturated heterocycles. The summed E-state index contributed by atoms with van der Waals surface area (Å²) in [5.41, 5.74) is 1.23. The maximum absolute atomic E-state index is 12.2. The second-order valence-corrected chi connectivity index (χ2v) is 8.19. The van der Waals surface area contributed by atoms with Gasteiger partial charge in [0.15, 0.2) is 9.84 Å². The number of hydrogen-bond donors (Lipinski definition) is 3. The molecule has 1 aromatic rings. The zero-order valence-electron chi connectivity index (χ0n) is 11.8. The van der Waals surface area contributed by atoms with Gasteiger partial charge < -0.3 is 4.74 Å². The summed E-state index contributed by atoms with van der Waals surface area (Å²) in [4.78, 5) is 11.3. The second kappa shape index (κ2) is 7.05. The summed E-state index contributed by atoms with van der Waals surface area (Å²) < 4.78 is 53.5. The Morgan fingerprint density at radius 1 is 1.23 bits per heavy atom.